The van der Waals surface area contributed by atoms with E-state index in [0.717, 1.165) is 37.0 Å². The number of hydrogen-bond acceptors (Lipinski definition) is 6. The molecule has 144 valence electrons. The highest BCUT2D eigenvalue weighted by Crippen LogP contribution is 2.41. The smallest absolute Gasteiger partial charge is 0.234 e. The third kappa shape index (κ3) is 4.51. The van der Waals surface area contributed by atoms with E-state index < -0.39 is 0 Å². The highest BCUT2D eigenvalue weighted by Gasteiger charge is 2.32. The van der Waals surface area contributed by atoms with Gasteiger partial charge in [0.2, 0.25) is 11.9 Å². The van der Waals surface area contributed by atoms with Crippen LogP contribution >= 0.6 is 35.0 Å². The Morgan fingerprint density at radius 2 is 2.04 bits per heavy atom. The fraction of sp³-hybridized carbons (Fsp3) is 0.471. The van der Waals surface area contributed by atoms with Crippen LogP contribution in [-0.4, -0.2) is 52.7 Å². The van der Waals surface area contributed by atoms with Crippen molar-refractivity contribution in [3.8, 4) is 0 Å². The first-order valence-electron chi connectivity index (χ1n) is 8.77. The summed E-state index contributed by atoms with van der Waals surface area (Å²) in [4.78, 5) is 14.5. The van der Waals surface area contributed by atoms with Gasteiger partial charge in [0.25, 0.3) is 0 Å². The SMILES string of the molecule is O=C(CSc1nnc(N2CCOCC2)n1C1CC1)Nc1ccc(Cl)cc1Cl. The number of halogens is 2. The minimum absolute atomic E-state index is 0.150. The summed E-state index contributed by atoms with van der Waals surface area (Å²) < 4.78 is 7.59. The van der Waals surface area contributed by atoms with Crippen molar-refractivity contribution in [1.29, 1.82) is 0 Å². The fourth-order valence-corrected chi connectivity index (χ4v) is 4.16. The molecule has 1 aliphatic carbocycles. The molecule has 0 radical (unpaired) electrons. The second-order valence-electron chi connectivity index (χ2n) is 6.44. The minimum atomic E-state index is -0.150. The lowest BCUT2D eigenvalue weighted by molar-refractivity contribution is -0.113. The molecule has 7 nitrogen and oxygen atoms in total. The molecule has 1 saturated heterocycles. The van der Waals surface area contributed by atoms with Gasteiger partial charge in [0.05, 0.1) is 29.7 Å². The largest absolute Gasteiger partial charge is 0.378 e. The van der Waals surface area contributed by atoms with Crippen LogP contribution in [0.25, 0.3) is 0 Å². The van der Waals surface area contributed by atoms with Crippen molar-refractivity contribution in [2.24, 2.45) is 0 Å². The molecule has 1 aromatic carbocycles. The molecule has 2 aliphatic rings. The predicted octanol–water partition coefficient (Wildman–Crippen LogP) is 3.49. The summed E-state index contributed by atoms with van der Waals surface area (Å²) in [6.07, 6.45) is 2.24. The van der Waals surface area contributed by atoms with Gasteiger partial charge in [-0.25, -0.2) is 0 Å². The Kier molecular flexibility index (Phi) is 5.77. The van der Waals surface area contributed by atoms with Gasteiger partial charge in [-0.1, -0.05) is 35.0 Å². The van der Waals surface area contributed by atoms with Gasteiger partial charge in [0, 0.05) is 24.2 Å². The highest BCUT2D eigenvalue weighted by atomic mass is 35.5. The van der Waals surface area contributed by atoms with Gasteiger partial charge in [-0.05, 0) is 31.0 Å². The van der Waals surface area contributed by atoms with E-state index >= 15 is 0 Å². The number of ether oxygens (including phenoxy) is 1. The molecule has 2 fully saturated rings. The molecule has 10 heteroatoms. The Morgan fingerprint density at radius 3 is 2.74 bits per heavy atom. The van der Waals surface area contributed by atoms with Crippen LogP contribution < -0.4 is 10.2 Å². The van der Waals surface area contributed by atoms with Crippen molar-refractivity contribution in [3.63, 3.8) is 0 Å². The van der Waals surface area contributed by atoms with Crippen LogP contribution in [0.1, 0.15) is 18.9 Å². The number of aromatic nitrogens is 3. The summed E-state index contributed by atoms with van der Waals surface area (Å²) in [6.45, 7) is 3.02. The maximum absolute atomic E-state index is 12.3. The summed E-state index contributed by atoms with van der Waals surface area (Å²) >= 11 is 13.4. The summed E-state index contributed by atoms with van der Waals surface area (Å²) in [5.74, 6) is 0.958. The van der Waals surface area contributed by atoms with Gasteiger partial charge in [0.15, 0.2) is 5.16 Å². The summed E-state index contributed by atoms with van der Waals surface area (Å²) in [6, 6.07) is 5.41. The van der Waals surface area contributed by atoms with Crippen molar-refractivity contribution in [3.05, 3.63) is 28.2 Å². The number of thioether (sulfide) groups is 1. The van der Waals surface area contributed by atoms with Crippen LogP contribution in [-0.2, 0) is 9.53 Å². The molecule has 2 aromatic rings. The minimum Gasteiger partial charge on any atom is -0.378 e. The quantitative estimate of drug-likeness (QED) is 0.711. The lowest BCUT2D eigenvalue weighted by atomic mass is 10.3. The Labute approximate surface area is 171 Å². The molecule has 1 N–H and O–H groups in total. The van der Waals surface area contributed by atoms with Crippen molar-refractivity contribution in [2.45, 2.75) is 24.0 Å². The second kappa shape index (κ2) is 8.26. The summed E-state index contributed by atoms with van der Waals surface area (Å²) in [5, 5.41) is 13.2. The summed E-state index contributed by atoms with van der Waals surface area (Å²) in [7, 11) is 0. The van der Waals surface area contributed by atoms with Gasteiger partial charge in [-0.3, -0.25) is 9.36 Å². The van der Waals surface area contributed by atoms with Crippen LogP contribution in [0.5, 0.6) is 0 Å². The molecule has 0 atom stereocenters. The standard InChI is InChI=1S/C17H19Cl2N5O2S/c18-11-1-4-14(13(19)9-11)20-15(25)10-27-17-22-21-16(24(17)12-2-3-12)23-5-7-26-8-6-23/h1,4,9,12H,2-3,5-8,10H2,(H,20,25). The number of nitrogens with one attached hydrogen (secondary N) is 1. The average molecular weight is 428 g/mol. The van der Waals surface area contributed by atoms with Crippen molar-refractivity contribution in [2.75, 3.05) is 42.3 Å². The number of anilines is 2. The number of amides is 1. The number of nitrogens with zero attached hydrogens (tertiary/aromatic N) is 4. The third-order valence-electron chi connectivity index (χ3n) is 4.39. The molecule has 0 spiro atoms. The van der Waals surface area contributed by atoms with Crippen LogP contribution in [0.15, 0.2) is 23.4 Å². The van der Waals surface area contributed by atoms with Gasteiger partial charge in [-0.15, -0.1) is 10.2 Å². The molecule has 1 aliphatic heterocycles. The molecule has 27 heavy (non-hydrogen) atoms. The Hall–Kier alpha value is -1.48. The van der Waals surface area contributed by atoms with E-state index in [-0.39, 0.29) is 11.7 Å². The lowest BCUT2D eigenvalue weighted by Crippen LogP contribution is -2.38. The number of carbonyl (C=O) groups excluding carboxylic acids is 1. The predicted molar refractivity (Wildman–Crippen MR) is 107 cm³/mol. The van der Waals surface area contributed by atoms with Crippen molar-refractivity contribution in [1.82, 2.24) is 14.8 Å². The van der Waals surface area contributed by atoms with Crippen LogP contribution in [0, 0.1) is 0 Å². The maximum atomic E-state index is 12.3. The summed E-state index contributed by atoms with van der Waals surface area (Å²) in [5.41, 5.74) is 0.546. The van der Waals surface area contributed by atoms with Gasteiger partial charge in [-0.2, -0.15) is 0 Å². The molecule has 1 amide bonds. The normalized spacial score (nSPS) is 17.2. The van der Waals surface area contributed by atoms with E-state index in [2.05, 4.69) is 25.0 Å². The Balaban J connectivity index is 1.42. The molecule has 1 saturated carbocycles. The van der Waals surface area contributed by atoms with E-state index in [4.69, 9.17) is 27.9 Å². The number of morpholine rings is 1. The van der Waals surface area contributed by atoms with E-state index in [1.165, 1.54) is 11.8 Å². The Bertz CT molecular complexity index is 837. The molecule has 2 heterocycles. The number of rotatable bonds is 6. The fourth-order valence-electron chi connectivity index (χ4n) is 2.91. The Morgan fingerprint density at radius 1 is 1.26 bits per heavy atom. The maximum Gasteiger partial charge on any atom is 0.234 e. The number of hydrogen-bond donors (Lipinski definition) is 1. The average Bonchev–Trinajstić information content (AvgIpc) is 3.42. The first-order valence-corrected chi connectivity index (χ1v) is 10.5. The number of carbonyl (C=O) groups is 1. The zero-order valence-corrected chi connectivity index (χ0v) is 16.9. The number of benzene rings is 1. The zero-order valence-electron chi connectivity index (χ0n) is 14.5. The van der Waals surface area contributed by atoms with Gasteiger partial charge in [0.1, 0.15) is 0 Å². The van der Waals surface area contributed by atoms with E-state index in [0.29, 0.717) is 35.0 Å². The van der Waals surface area contributed by atoms with Crippen molar-refractivity contribution < 1.29 is 9.53 Å². The van der Waals surface area contributed by atoms with Gasteiger partial charge >= 0.3 is 0 Å². The topological polar surface area (TPSA) is 72.3 Å². The molecule has 1 aromatic heterocycles. The highest BCUT2D eigenvalue weighted by molar-refractivity contribution is 7.99. The zero-order chi connectivity index (χ0) is 18.8. The molecular formula is C17H19Cl2N5O2S. The molecule has 4 rings (SSSR count). The molecule has 0 bridgehead atoms. The van der Waals surface area contributed by atoms with Crippen LogP contribution in [0.2, 0.25) is 10.0 Å². The monoisotopic (exact) mass is 427 g/mol. The second-order valence-corrected chi connectivity index (χ2v) is 8.23. The molecular weight excluding hydrogens is 409 g/mol. The van der Waals surface area contributed by atoms with Crippen molar-refractivity contribution >= 4 is 52.5 Å². The lowest BCUT2D eigenvalue weighted by Gasteiger charge is -2.27. The van der Waals surface area contributed by atoms with E-state index in [1.807, 2.05) is 0 Å². The first-order chi connectivity index (χ1) is 13.1. The van der Waals surface area contributed by atoms with E-state index in [1.54, 1.807) is 18.2 Å². The van der Waals surface area contributed by atoms with Crippen LogP contribution in [0.4, 0.5) is 11.6 Å². The third-order valence-corrected chi connectivity index (χ3v) is 5.88. The van der Waals surface area contributed by atoms with Crippen LogP contribution in [0.3, 0.4) is 0 Å². The molecule has 0 unspecified atom stereocenters. The first kappa shape index (κ1) is 18.9. The van der Waals surface area contributed by atoms with E-state index in [9.17, 15) is 4.79 Å². The van der Waals surface area contributed by atoms with Gasteiger partial charge < -0.3 is 15.0 Å².